The molecular formula is C17H27BrN2. The van der Waals surface area contributed by atoms with Gasteiger partial charge in [0.25, 0.3) is 0 Å². The molecule has 1 aliphatic rings. The predicted molar refractivity (Wildman–Crippen MR) is 91.2 cm³/mol. The lowest BCUT2D eigenvalue weighted by atomic mass is 9.89. The van der Waals surface area contributed by atoms with Crippen LogP contribution in [0, 0.1) is 12.8 Å². The van der Waals surface area contributed by atoms with Crippen molar-refractivity contribution in [2.45, 2.75) is 57.9 Å². The normalized spacial score (nSPS) is 27.1. The van der Waals surface area contributed by atoms with E-state index in [9.17, 15) is 0 Å². The standard InChI is InChI=1S/C17H27BrN2/c1-3-14-5-4-7-17(12-19,8-6-14)20-16-10-13(2)9-15(18)11-16/h9-11,14,20H,3-8,12,19H2,1-2H3. The van der Waals surface area contributed by atoms with E-state index in [1.165, 1.54) is 49.8 Å². The van der Waals surface area contributed by atoms with Gasteiger partial charge in [0.1, 0.15) is 0 Å². The van der Waals surface area contributed by atoms with Crippen LogP contribution in [0.4, 0.5) is 5.69 Å². The summed E-state index contributed by atoms with van der Waals surface area (Å²) in [7, 11) is 0. The molecule has 1 aliphatic carbocycles. The van der Waals surface area contributed by atoms with Gasteiger partial charge in [-0.15, -0.1) is 0 Å². The Bertz CT molecular complexity index is 426. The van der Waals surface area contributed by atoms with Gasteiger partial charge in [-0.2, -0.15) is 0 Å². The molecule has 1 aromatic rings. The lowest BCUT2D eigenvalue weighted by Crippen LogP contribution is -2.45. The minimum atomic E-state index is 0.0805. The van der Waals surface area contributed by atoms with Crippen molar-refractivity contribution in [3.63, 3.8) is 0 Å². The molecule has 112 valence electrons. The van der Waals surface area contributed by atoms with Gasteiger partial charge in [-0.25, -0.2) is 0 Å². The second-order valence-corrected chi connectivity index (χ2v) is 7.25. The summed E-state index contributed by atoms with van der Waals surface area (Å²) < 4.78 is 1.13. The fourth-order valence-electron chi connectivity index (χ4n) is 3.38. The van der Waals surface area contributed by atoms with Crippen molar-refractivity contribution in [3.05, 3.63) is 28.2 Å². The maximum Gasteiger partial charge on any atom is 0.0495 e. The quantitative estimate of drug-likeness (QED) is 0.769. The molecule has 0 spiro atoms. The molecule has 20 heavy (non-hydrogen) atoms. The Morgan fingerprint density at radius 1 is 1.30 bits per heavy atom. The lowest BCUT2D eigenvalue weighted by Gasteiger charge is -2.34. The first-order valence-electron chi connectivity index (χ1n) is 7.82. The van der Waals surface area contributed by atoms with Crippen LogP contribution in [0.3, 0.4) is 0 Å². The molecular weight excluding hydrogens is 312 g/mol. The fraction of sp³-hybridized carbons (Fsp3) is 0.647. The third-order valence-corrected chi connectivity index (χ3v) is 5.18. The maximum atomic E-state index is 6.14. The van der Waals surface area contributed by atoms with Crippen LogP contribution in [0.15, 0.2) is 22.7 Å². The monoisotopic (exact) mass is 338 g/mol. The van der Waals surface area contributed by atoms with Crippen LogP contribution in [0.2, 0.25) is 0 Å². The van der Waals surface area contributed by atoms with Gasteiger partial charge in [-0.3, -0.25) is 0 Å². The van der Waals surface area contributed by atoms with Crippen LogP contribution in [-0.4, -0.2) is 12.1 Å². The predicted octanol–water partition coefficient (Wildman–Crippen LogP) is 4.86. The molecule has 2 unspecified atom stereocenters. The SMILES string of the molecule is CCC1CCCC(CN)(Nc2cc(C)cc(Br)c2)CC1. The molecule has 0 aromatic heterocycles. The van der Waals surface area contributed by atoms with Crippen molar-refractivity contribution in [2.75, 3.05) is 11.9 Å². The van der Waals surface area contributed by atoms with Crippen molar-refractivity contribution in [1.29, 1.82) is 0 Å². The van der Waals surface area contributed by atoms with Crippen LogP contribution in [-0.2, 0) is 0 Å². The number of aryl methyl sites for hydroxylation is 1. The number of halogens is 1. The Morgan fingerprint density at radius 3 is 2.75 bits per heavy atom. The maximum absolute atomic E-state index is 6.14. The number of hydrogen-bond acceptors (Lipinski definition) is 2. The van der Waals surface area contributed by atoms with Crippen molar-refractivity contribution in [1.82, 2.24) is 0 Å². The second-order valence-electron chi connectivity index (χ2n) is 6.33. The van der Waals surface area contributed by atoms with Crippen LogP contribution < -0.4 is 11.1 Å². The van der Waals surface area contributed by atoms with Gasteiger partial charge in [-0.05, 0) is 55.9 Å². The summed E-state index contributed by atoms with van der Waals surface area (Å²) in [6, 6.07) is 6.51. The van der Waals surface area contributed by atoms with E-state index in [4.69, 9.17) is 5.73 Å². The van der Waals surface area contributed by atoms with Crippen LogP contribution in [0.25, 0.3) is 0 Å². The van der Waals surface area contributed by atoms with Crippen molar-refractivity contribution in [2.24, 2.45) is 11.7 Å². The van der Waals surface area contributed by atoms with E-state index in [0.717, 1.165) is 16.9 Å². The number of nitrogens with one attached hydrogen (secondary N) is 1. The zero-order valence-corrected chi connectivity index (χ0v) is 14.3. The Kier molecular flexibility index (Phi) is 5.50. The number of hydrogen-bond donors (Lipinski definition) is 2. The molecule has 0 radical (unpaired) electrons. The Balaban J connectivity index is 2.14. The first-order chi connectivity index (χ1) is 9.57. The van der Waals surface area contributed by atoms with E-state index in [2.05, 4.69) is 53.3 Å². The molecule has 1 saturated carbocycles. The van der Waals surface area contributed by atoms with Gasteiger partial charge in [-0.1, -0.05) is 42.1 Å². The molecule has 0 amide bonds. The molecule has 1 fully saturated rings. The number of nitrogens with two attached hydrogens (primary N) is 1. The Morgan fingerprint density at radius 2 is 2.10 bits per heavy atom. The molecule has 2 rings (SSSR count). The van der Waals surface area contributed by atoms with Gasteiger partial charge < -0.3 is 11.1 Å². The molecule has 3 N–H and O–H groups in total. The summed E-state index contributed by atoms with van der Waals surface area (Å²) in [5.41, 5.74) is 8.69. The average molecular weight is 339 g/mol. The largest absolute Gasteiger partial charge is 0.378 e. The smallest absolute Gasteiger partial charge is 0.0495 e. The van der Waals surface area contributed by atoms with Crippen LogP contribution >= 0.6 is 15.9 Å². The van der Waals surface area contributed by atoms with Crippen LogP contribution in [0.1, 0.15) is 51.0 Å². The highest BCUT2D eigenvalue weighted by atomic mass is 79.9. The molecule has 2 nitrogen and oxygen atoms in total. The van der Waals surface area contributed by atoms with E-state index in [-0.39, 0.29) is 5.54 Å². The average Bonchev–Trinajstić information content (AvgIpc) is 2.60. The van der Waals surface area contributed by atoms with Gasteiger partial charge in [0.15, 0.2) is 0 Å². The first-order valence-corrected chi connectivity index (χ1v) is 8.61. The Hall–Kier alpha value is -0.540. The fourth-order valence-corrected chi connectivity index (χ4v) is 3.99. The highest BCUT2D eigenvalue weighted by molar-refractivity contribution is 9.10. The first kappa shape index (κ1) is 15.8. The molecule has 0 bridgehead atoms. The van der Waals surface area contributed by atoms with Crippen molar-refractivity contribution in [3.8, 4) is 0 Å². The molecule has 1 aromatic carbocycles. The summed E-state index contributed by atoms with van der Waals surface area (Å²) in [6.45, 7) is 5.16. The van der Waals surface area contributed by atoms with Gasteiger partial charge in [0, 0.05) is 22.2 Å². The third kappa shape index (κ3) is 3.98. The molecule has 3 heteroatoms. The van der Waals surface area contributed by atoms with Gasteiger partial charge >= 0.3 is 0 Å². The van der Waals surface area contributed by atoms with Gasteiger partial charge in [0.05, 0.1) is 0 Å². The minimum Gasteiger partial charge on any atom is -0.378 e. The van der Waals surface area contributed by atoms with Crippen molar-refractivity contribution >= 4 is 21.6 Å². The number of benzene rings is 1. The van der Waals surface area contributed by atoms with Gasteiger partial charge in [0.2, 0.25) is 0 Å². The summed E-state index contributed by atoms with van der Waals surface area (Å²) in [4.78, 5) is 0. The summed E-state index contributed by atoms with van der Waals surface area (Å²) >= 11 is 3.58. The third-order valence-electron chi connectivity index (χ3n) is 4.72. The molecule has 0 aliphatic heterocycles. The highest BCUT2D eigenvalue weighted by Gasteiger charge is 2.31. The molecule has 0 heterocycles. The van der Waals surface area contributed by atoms with E-state index in [1.54, 1.807) is 0 Å². The van der Waals surface area contributed by atoms with Crippen molar-refractivity contribution < 1.29 is 0 Å². The summed E-state index contributed by atoms with van der Waals surface area (Å²) in [6.07, 6.45) is 7.62. The highest BCUT2D eigenvalue weighted by Crippen LogP contribution is 2.34. The number of anilines is 1. The summed E-state index contributed by atoms with van der Waals surface area (Å²) in [5, 5.41) is 3.76. The Labute approximate surface area is 131 Å². The molecule has 2 atom stereocenters. The van der Waals surface area contributed by atoms with Crippen LogP contribution in [0.5, 0.6) is 0 Å². The summed E-state index contributed by atoms with van der Waals surface area (Å²) in [5.74, 6) is 0.884. The van der Waals surface area contributed by atoms with E-state index in [0.29, 0.717) is 0 Å². The zero-order chi connectivity index (χ0) is 14.6. The van der Waals surface area contributed by atoms with E-state index < -0.39 is 0 Å². The molecule has 0 saturated heterocycles. The lowest BCUT2D eigenvalue weighted by molar-refractivity contribution is 0.398. The minimum absolute atomic E-state index is 0.0805. The number of rotatable bonds is 4. The second kappa shape index (κ2) is 6.95. The van der Waals surface area contributed by atoms with E-state index >= 15 is 0 Å². The zero-order valence-electron chi connectivity index (χ0n) is 12.7. The topological polar surface area (TPSA) is 38.0 Å². The van der Waals surface area contributed by atoms with E-state index in [1.807, 2.05) is 0 Å².